The molecule has 2 aromatic heterocycles. The topological polar surface area (TPSA) is 88.4 Å². The van der Waals surface area contributed by atoms with Crippen molar-refractivity contribution in [1.82, 2.24) is 19.9 Å². The van der Waals surface area contributed by atoms with E-state index in [0.717, 1.165) is 16.2 Å². The zero-order valence-corrected chi connectivity index (χ0v) is 14.0. The van der Waals surface area contributed by atoms with E-state index >= 15 is 0 Å². The van der Waals surface area contributed by atoms with Gasteiger partial charge in [0.15, 0.2) is 11.5 Å². The highest BCUT2D eigenvalue weighted by molar-refractivity contribution is 8.01. The van der Waals surface area contributed by atoms with E-state index in [1.54, 1.807) is 0 Å². The van der Waals surface area contributed by atoms with Gasteiger partial charge in [0.2, 0.25) is 11.8 Å². The molecule has 0 saturated carbocycles. The first-order valence-corrected chi connectivity index (χ1v) is 8.70. The van der Waals surface area contributed by atoms with Gasteiger partial charge in [-0.15, -0.1) is 22.0 Å². The van der Waals surface area contributed by atoms with Crippen LogP contribution in [0, 0.1) is 0 Å². The van der Waals surface area contributed by atoms with E-state index in [9.17, 15) is 9.59 Å². The van der Waals surface area contributed by atoms with Crippen molar-refractivity contribution < 1.29 is 9.59 Å². The van der Waals surface area contributed by atoms with E-state index in [2.05, 4.69) is 20.8 Å². The summed E-state index contributed by atoms with van der Waals surface area (Å²) >= 11 is 1.41. The molecule has 3 aromatic rings. The minimum Gasteiger partial charge on any atom is -0.349 e. The number of aromatic nitrogens is 3. The Labute approximate surface area is 147 Å². The van der Waals surface area contributed by atoms with Crippen molar-refractivity contribution in [3.63, 3.8) is 0 Å². The van der Waals surface area contributed by atoms with Gasteiger partial charge in [-0.2, -0.15) is 0 Å². The molecule has 0 fully saturated rings. The number of hydrogen-bond acceptors (Lipinski definition) is 5. The first kappa shape index (κ1) is 15.6. The van der Waals surface area contributed by atoms with Crippen molar-refractivity contribution in [2.45, 2.75) is 23.1 Å². The van der Waals surface area contributed by atoms with Crippen LogP contribution in [0.4, 0.5) is 5.69 Å². The van der Waals surface area contributed by atoms with Crippen LogP contribution in [0.25, 0.3) is 5.65 Å². The maximum absolute atomic E-state index is 12.2. The van der Waals surface area contributed by atoms with Crippen molar-refractivity contribution in [3.8, 4) is 0 Å². The van der Waals surface area contributed by atoms with Gasteiger partial charge in [-0.3, -0.25) is 14.0 Å². The van der Waals surface area contributed by atoms with Gasteiger partial charge in [-0.05, 0) is 24.3 Å². The third-order valence-electron chi connectivity index (χ3n) is 3.91. The average molecular weight is 353 g/mol. The number of benzene rings is 1. The lowest BCUT2D eigenvalue weighted by Gasteiger charge is -2.23. The number of nitrogens with one attached hydrogen (secondary N) is 2. The van der Waals surface area contributed by atoms with E-state index in [1.807, 2.05) is 53.1 Å². The molecule has 1 atom stereocenters. The van der Waals surface area contributed by atoms with E-state index in [0.29, 0.717) is 5.82 Å². The molecule has 3 heterocycles. The Morgan fingerprint density at radius 1 is 1.20 bits per heavy atom. The maximum Gasteiger partial charge on any atom is 0.238 e. The minimum absolute atomic E-state index is 0.113. The molecule has 126 valence electrons. The van der Waals surface area contributed by atoms with Crippen LogP contribution in [0.1, 0.15) is 12.2 Å². The first-order chi connectivity index (χ1) is 12.2. The Balaban J connectivity index is 1.39. The Kier molecular flexibility index (Phi) is 4.10. The number of amides is 2. The molecule has 1 aliphatic rings. The summed E-state index contributed by atoms with van der Waals surface area (Å²) in [5.41, 5.74) is 1.52. The molecule has 25 heavy (non-hydrogen) atoms. The molecular formula is C17H15N5O2S. The molecular weight excluding hydrogens is 338 g/mol. The van der Waals surface area contributed by atoms with Gasteiger partial charge in [0.1, 0.15) is 0 Å². The second-order valence-corrected chi connectivity index (χ2v) is 6.86. The Bertz CT molecular complexity index is 955. The minimum atomic E-state index is -0.440. The fourth-order valence-corrected chi connectivity index (χ4v) is 3.77. The lowest BCUT2D eigenvalue weighted by Crippen LogP contribution is -2.34. The molecule has 2 amide bonds. The summed E-state index contributed by atoms with van der Waals surface area (Å²) in [6.07, 6.45) is 1.96. The summed E-state index contributed by atoms with van der Waals surface area (Å²) in [7, 11) is 0. The van der Waals surface area contributed by atoms with E-state index in [1.165, 1.54) is 11.8 Å². The largest absolute Gasteiger partial charge is 0.349 e. The van der Waals surface area contributed by atoms with E-state index < -0.39 is 5.25 Å². The highest BCUT2D eigenvalue weighted by Crippen LogP contribution is 2.36. The zero-order valence-electron chi connectivity index (χ0n) is 13.2. The van der Waals surface area contributed by atoms with Gasteiger partial charge in [0.25, 0.3) is 0 Å². The first-order valence-electron chi connectivity index (χ1n) is 7.82. The standard InChI is InChI=1S/C17H15N5O2S/c23-16(18-10-15-21-20-14-7-3-4-8-22(14)15)9-13-17(24)19-11-5-1-2-6-12(11)25-13/h1-8,13H,9-10H2,(H,18,23)(H,19,24)/t13-/m0/s1. The number of hydrogen-bond donors (Lipinski definition) is 2. The molecule has 1 aliphatic heterocycles. The number of carbonyl (C=O) groups is 2. The van der Waals surface area contributed by atoms with Crippen molar-refractivity contribution in [1.29, 1.82) is 0 Å². The quantitative estimate of drug-likeness (QED) is 0.747. The smallest absolute Gasteiger partial charge is 0.238 e. The summed E-state index contributed by atoms with van der Waals surface area (Å²) in [6, 6.07) is 13.2. The maximum atomic E-state index is 12.2. The van der Waals surface area contributed by atoms with Crippen LogP contribution in [0.5, 0.6) is 0 Å². The van der Waals surface area contributed by atoms with E-state index in [-0.39, 0.29) is 24.8 Å². The number of rotatable bonds is 4. The molecule has 1 aromatic carbocycles. The number of anilines is 1. The van der Waals surface area contributed by atoms with Crippen LogP contribution in [0.3, 0.4) is 0 Å². The van der Waals surface area contributed by atoms with Crippen LogP contribution < -0.4 is 10.6 Å². The third kappa shape index (κ3) is 3.20. The lowest BCUT2D eigenvalue weighted by molar-refractivity contribution is -0.124. The second kappa shape index (κ2) is 6.56. The number of para-hydroxylation sites is 1. The monoisotopic (exact) mass is 353 g/mol. The van der Waals surface area contributed by atoms with Crippen LogP contribution in [0.2, 0.25) is 0 Å². The van der Waals surface area contributed by atoms with Crippen molar-refractivity contribution >= 4 is 34.9 Å². The van der Waals surface area contributed by atoms with Crippen LogP contribution in [-0.2, 0) is 16.1 Å². The zero-order chi connectivity index (χ0) is 17.2. The van der Waals surface area contributed by atoms with E-state index in [4.69, 9.17) is 0 Å². The molecule has 2 N–H and O–H groups in total. The van der Waals surface area contributed by atoms with Gasteiger partial charge in [0.05, 0.1) is 17.5 Å². The van der Waals surface area contributed by atoms with Gasteiger partial charge in [0, 0.05) is 17.5 Å². The lowest BCUT2D eigenvalue weighted by atomic mass is 10.2. The number of pyridine rings is 1. The number of fused-ring (bicyclic) bond motifs is 2. The molecule has 4 rings (SSSR count). The summed E-state index contributed by atoms with van der Waals surface area (Å²) in [4.78, 5) is 25.4. The summed E-state index contributed by atoms with van der Waals surface area (Å²) < 4.78 is 1.82. The molecule has 0 saturated heterocycles. The van der Waals surface area contributed by atoms with Gasteiger partial charge >= 0.3 is 0 Å². The molecule has 8 heteroatoms. The average Bonchev–Trinajstić information content (AvgIpc) is 3.04. The Morgan fingerprint density at radius 3 is 2.96 bits per heavy atom. The SMILES string of the molecule is O=C(C[C@@H]1Sc2ccccc2NC1=O)NCc1nnc2ccccn12. The van der Waals surface area contributed by atoms with Crippen LogP contribution in [-0.4, -0.2) is 31.7 Å². The summed E-state index contributed by atoms with van der Waals surface area (Å²) in [5, 5.41) is 13.3. The molecule has 0 aliphatic carbocycles. The van der Waals surface area contributed by atoms with Crippen molar-refractivity contribution in [2.24, 2.45) is 0 Å². The fraction of sp³-hybridized carbons (Fsp3) is 0.176. The second-order valence-electron chi connectivity index (χ2n) is 5.62. The third-order valence-corrected chi connectivity index (χ3v) is 5.18. The molecule has 7 nitrogen and oxygen atoms in total. The Hall–Kier alpha value is -2.87. The van der Waals surface area contributed by atoms with Crippen molar-refractivity contribution in [3.05, 3.63) is 54.5 Å². The molecule has 0 radical (unpaired) electrons. The summed E-state index contributed by atoms with van der Waals surface area (Å²) in [6.45, 7) is 0.263. The number of nitrogens with zero attached hydrogens (tertiary/aromatic N) is 3. The van der Waals surface area contributed by atoms with Crippen molar-refractivity contribution in [2.75, 3.05) is 5.32 Å². The Morgan fingerprint density at radius 2 is 2.04 bits per heavy atom. The van der Waals surface area contributed by atoms with Gasteiger partial charge in [-0.25, -0.2) is 0 Å². The fourth-order valence-electron chi connectivity index (χ4n) is 2.66. The molecule has 0 unspecified atom stereocenters. The summed E-state index contributed by atoms with van der Waals surface area (Å²) in [5.74, 6) is 0.307. The highest BCUT2D eigenvalue weighted by Gasteiger charge is 2.28. The van der Waals surface area contributed by atoms with Gasteiger partial charge < -0.3 is 10.6 Å². The molecule has 0 spiro atoms. The predicted molar refractivity (Wildman–Crippen MR) is 94.2 cm³/mol. The predicted octanol–water partition coefficient (Wildman–Crippen LogP) is 1.85. The van der Waals surface area contributed by atoms with Crippen LogP contribution in [0.15, 0.2) is 53.6 Å². The normalized spacial score (nSPS) is 16.3. The number of carbonyl (C=O) groups excluding carboxylic acids is 2. The molecule has 0 bridgehead atoms. The highest BCUT2D eigenvalue weighted by atomic mass is 32.2. The number of thioether (sulfide) groups is 1. The van der Waals surface area contributed by atoms with Gasteiger partial charge in [-0.1, -0.05) is 18.2 Å². The van der Waals surface area contributed by atoms with Crippen LogP contribution >= 0.6 is 11.8 Å².